The van der Waals surface area contributed by atoms with Gasteiger partial charge < -0.3 is 10.2 Å². The van der Waals surface area contributed by atoms with Crippen LogP contribution >= 0.6 is 0 Å². The summed E-state index contributed by atoms with van der Waals surface area (Å²) >= 11 is 0. The summed E-state index contributed by atoms with van der Waals surface area (Å²) < 4.78 is 0. The second-order valence-corrected chi connectivity index (χ2v) is 4.10. The van der Waals surface area contributed by atoms with Gasteiger partial charge in [0.25, 0.3) is 5.91 Å². The second-order valence-electron chi connectivity index (χ2n) is 4.10. The Morgan fingerprint density at radius 3 is 3.06 bits per heavy atom. The van der Waals surface area contributed by atoms with Crippen LogP contribution in [-0.2, 0) is 0 Å². The quantitative estimate of drug-likeness (QED) is 0.757. The van der Waals surface area contributed by atoms with Crippen LogP contribution in [0, 0.1) is 11.3 Å². The highest BCUT2D eigenvalue weighted by atomic mass is 16.2. The summed E-state index contributed by atoms with van der Waals surface area (Å²) in [6.07, 6.45) is 1.43. The number of hydrogen-bond donors (Lipinski definition) is 1. The number of nitriles is 1. The van der Waals surface area contributed by atoms with Crippen molar-refractivity contribution < 1.29 is 4.79 Å². The van der Waals surface area contributed by atoms with Crippen LogP contribution in [0.2, 0.25) is 0 Å². The van der Waals surface area contributed by atoms with Crippen LogP contribution in [0.1, 0.15) is 23.0 Å². The molecule has 0 unspecified atom stereocenters. The number of pyridine rings is 1. The lowest BCUT2D eigenvalue weighted by molar-refractivity contribution is 0.0649. The van der Waals surface area contributed by atoms with Gasteiger partial charge >= 0.3 is 0 Å². The first-order valence-corrected chi connectivity index (χ1v) is 5.60. The van der Waals surface area contributed by atoms with Crippen LogP contribution in [0.4, 0.5) is 0 Å². The minimum absolute atomic E-state index is 0.0662. The number of nitrogens with one attached hydrogen (secondary N) is 1. The van der Waals surface area contributed by atoms with Crippen molar-refractivity contribution in [3.05, 3.63) is 29.6 Å². The molecule has 1 aromatic rings. The monoisotopic (exact) mass is 230 g/mol. The second kappa shape index (κ2) is 4.93. The molecule has 17 heavy (non-hydrogen) atoms. The first-order chi connectivity index (χ1) is 8.22. The van der Waals surface area contributed by atoms with Crippen LogP contribution in [0.3, 0.4) is 0 Å². The van der Waals surface area contributed by atoms with Crippen molar-refractivity contribution in [2.24, 2.45) is 0 Å². The van der Waals surface area contributed by atoms with E-state index >= 15 is 0 Å². The minimum Gasteiger partial charge on any atom is -0.332 e. The average Bonchev–Trinajstić information content (AvgIpc) is 2.39. The molecule has 1 aromatic heterocycles. The molecule has 2 rings (SSSR count). The van der Waals surface area contributed by atoms with Gasteiger partial charge in [0.15, 0.2) is 0 Å². The maximum absolute atomic E-state index is 12.2. The molecule has 1 amide bonds. The topological polar surface area (TPSA) is 69.0 Å². The Balaban J connectivity index is 2.15. The molecule has 0 aromatic carbocycles. The molecule has 0 aliphatic carbocycles. The molecule has 1 aliphatic rings. The fourth-order valence-electron chi connectivity index (χ4n) is 1.88. The fourth-order valence-corrected chi connectivity index (χ4v) is 1.88. The molecule has 5 nitrogen and oxygen atoms in total. The molecule has 0 bridgehead atoms. The third-order valence-corrected chi connectivity index (χ3v) is 2.87. The van der Waals surface area contributed by atoms with E-state index in [2.05, 4.69) is 10.3 Å². The van der Waals surface area contributed by atoms with Gasteiger partial charge in [0, 0.05) is 31.9 Å². The molecule has 88 valence electrons. The van der Waals surface area contributed by atoms with E-state index in [0.29, 0.717) is 17.8 Å². The highest BCUT2D eigenvalue weighted by Gasteiger charge is 2.24. The van der Waals surface area contributed by atoms with E-state index in [4.69, 9.17) is 5.26 Å². The van der Waals surface area contributed by atoms with E-state index in [1.54, 1.807) is 12.1 Å². The Morgan fingerprint density at radius 2 is 2.47 bits per heavy atom. The summed E-state index contributed by atoms with van der Waals surface area (Å²) in [5.74, 6) is -0.0662. The van der Waals surface area contributed by atoms with Crippen molar-refractivity contribution in [1.82, 2.24) is 15.2 Å². The highest BCUT2D eigenvalue weighted by Crippen LogP contribution is 2.09. The molecule has 1 saturated heterocycles. The SMILES string of the molecule is C[C@H]1CNCCN1C(=O)c1ccc(C#N)cn1. The fraction of sp³-hybridized carbons (Fsp3) is 0.417. The van der Waals surface area contributed by atoms with Crippen molar-refractivity contribution in [3.8, 4) is 6.07 Å². The van der Waals surface area contributed by atoms with E-state index < -0.39 is 0 Å². The highest BCUT2D eigenvalue weighted by molar-refractivity contribution is 5.92. The summed E-state index contributed by atoms with van der Waals surface area (Å²) in [6, 6.07) is 5.38. The van der Waals surface area contributed by atoms with Crippen LogP contribution in [0.15, 0.2) is 18.3 Å². The summed E-state index contributed by atoms with van der Waals surface area (Å²) in [6.45, 7) is 4.32. The van der Waals surface area contributed by atoms with E-state index in [1.807, 2.05) is 17.9 Å². The molecule has 5 heteroatoms. The Kier molecular flexibility index (Phi) is 3.35. The summed E-state index contributed by atoms with van der Waals surface area (Å²) in [4.78, 5) is 18.0. The number of aromatic nitrogens is 1. The van der Waals surface area contributed by atoms with E-state index in [0.717, 1.165) is 13.1 Å². The summed E-state index contributed by atoms with van der Waals surface area (Å²) in [5.41, 5.74) is 0.868. The van der Waals surface area contributed by atoms with Crippen LogP contribution in [0.5, 0.6) is 0 Å². The lowest BCUT2D eigenvalue weighted by Gasteiger charge is -2.33. The van der Waals surface area contributed by atoms with Crippen molar-refractivity contribution in [2.45, 2.75) is 13.0 Å². The average molecular weight is 230 g/mol. The molecule has 0 saturated carbocycles. The maximum Gasteiger partial charge on any atom is 0.272 e. The molecule has 1 N–H and O–H groups in total. The number of carbonyl (C=O) groups excluding carboxylic acids is 1. The van der Waals surface area contributed by atoms with Crippen LogP contribution < -0.4 is 5.32 Å². The zero-order chi connectivity index (χ0) is 12.3. The number of nitrogens with zero attached hydrogens (tertiary/aromatic N) is 3. The van der Waals surface area contributed by atoms with Gasteiger partial charge in [-0.2, -0.15) is 5.26 Å². The van der Waals surface area contributed by atoms with Gasteiger partial charge in [-0.05, 0) is 19.1 Å². The number of amides is 1. The lowest BCUT2D eigenvalue weighted by Crippen LogP contribution is -2.52. The van der Waals surface area contributed by atoms with Crippen molar-refractivity contribution in [1.29, 1.82) is 5.26 Å². The predicted octanol–water partition coefficient (Wildman–Crippen LogP) is 0.387. The standard InChI is InChI=1S/C12H14N4O/c1-9-7-14-4-5-16(9)12(17)11-3-2-10(6-13)8-15-11/h2-3,8-9,14H,4-5,7H2,1H3/t9-/m0/s1. The molecule has 0 radical (unpaired) electrons. The Morgan fingerprint density at radius 1 is 1.65 bits per heavy atom. The van der Waals surface area contributed by atoms with Gasteiger partial charge in [0.1, 0.15) is 11.8 Å². The maximum atomic E-state index is 12.2. The Labute approximate surface area is 100 Å². The normalized spacial score (nSPS) is 19.8. The molecule has 1 fully saturated rings. The van der Waals surface area contributed by atoms with Crippen molar-refractivity contribution in [3.63, 3.8) is 0 Å². The van der Waals surface area contributed by atoms with Gasteiger partial charge in [0.2, 0.25) is 0 Å². The van der Waals surface area contributed by atoms with Crippen LogP contribution in [-0.4, -0.2) is 41.5 Å². The van der Waals surface area contributed by atoms with E-state index in [1.165, 1.54) is 6.20 Å². The zero-order valence-corrected chi connectivity index (χ0v) is 9.68. The molecule has 1 atom stereocenters. The lowest BCUT2D eigenvalue weighted by atomic mass is 10.2. The third kappa shape index (κ3) is 2.43. The van der Waals surface area contributed by atoms with Crippen molar-refractivity contribution >= 4 is 5.91 Å². The van der Waals surface area contributed by atoms with Gasteiger partial charge in [-0.15, -0.1) is 0 Å². The number of hydrogen-bond acceptors (Lipinski definition) is 4. The molecule has 2 heterocycles. The largest absolute Gasteiger partial charge is 0.332 e. The van der Waals surface area contributed by atoms with Gasteiger partial charge in [0.05, 0.1) is 5.56 Å². The molecular weight excluding hydrogens is 216 g/mol. The van der Waals surface area contributed by atoms with Gasteiger partial charge in [-0.25, -0.2) is 4.98 Å². The van der Waals surface area contributed by atoms with Gasteiger partial charge in [-0.3, -0.25) is 4.79 Å². The third-order valence-electron chi connectivity index (χ3n) is 2.87. The molecular formula is C12H14N4O. The number of piperazine rings is 1. The Hall–Kier alpha value is -1.93. The number of rotatable bonds is 1. The van der Waals surface area contributed by atoms with E-state index in [9.17, 15) is 4.79 Å². The van der Waals surface area contributed by atoms with Crippen LogP contribution in [0.25, 0.3) is 0 Å². The molecule has 0 spiro atoms. The van der Waals surface area contributed by atoms with Gasteiger partial charge in [-0.1, -0.05) is 0 Å². The van der Waals surface area contributed by atoms with E-state index in [-0.39, 0.29) is 11.9 Å². The molecule has 1 aliphatic heterocycles. The first-order valence-electron chi connectivity index (χ1n) is 5.60. The zero-order valence-electron chi connectivity index (χ0n) is 9.68. The number of carbonyl (C=O) groups is 1. The predicted molar refractivity (Wildman–Crippen MR) is 62.3 cm³/mol. The summed E-state index contributed by atoms with van der Waals surface area (Å²) in [5, 5.41) is 11.9. The van der Waals surface area contributed by atoms with Crippen molar-refractivity contribution in [2.75, 3.05) is 19.6 Å². The first kappa shape index (κ1) is 11.6. The smallest absolute Gasteiger partial charge is 0.272 e. The minimum atomic E-state index is -0.0662. The Bertz CT molecular complexity index is 449. The summed E-state index contributed by atoms with van der Waals surface area (Å²) in [7, 11) is 0.